The number of aliphatic imine (C=N–C) groups is 1. The molecule has 0 radical (unpaired) electrons. The molecule has 1 N–H and O–H groups in total. The summed E-state index contributed by atoms with van der Waals surface area (Å²) in [6.45, 7) is 5.92. The van der Waals surface area contributed by atoms with Gasteiger partial charge in [-0.1, -0.05) is 12.1 Å². The van der Waals surface area contributed by atoms with Crippen LogP contribution in [0.25, 0.3) is 0 Å². The van der Waals surface area contributed by atoms with Crippen LogP contribution in [-0.2, 0) is 4.79 Å². The SMILES string of the molecule is C/C=C\C(=NC)C(=O)Nc1ccc(C)c(C)c1. The maximum atomic E-state index is 11.8. The normalized spacial score (nSPS) is 11.9. The first-order chi connectivity index (χ1) is 8.08. The van der Waals surface area contributed by atoms with Gasteiger partial charge in [0, 0.05) is 12.7 Å². The van der Waals surface area contributed by atoms with Gasteiger partial charge in [0.15, 0.2) is 0 Å². The molecule has 0 heterocycles. The molecule has 0 spiro atoms. The summed E-state index contributed by atoms with van der Waals surface area (Å²) >= 11 is 0. The summed E-state index contributed by atoms with van der Waals surface area (Å²) in [7, 11) is 1.61. The molecule has 1 aromatic rings. The first kappa shape index (κ1) is 13.2. The van der Waals surface area contributed by atoms with Crippen LogP contribution in [0.5, 0.6) is 0 Å². The van der Waals surface area contributed by atoms with Crippen LogP contribution >= 0.6 is 0 Å². The van der Waals surface area contributed by atoms with Crippen LogP contribution in [0.4, 0.5) is 5.69 Å². The molecule has 0 aromatic heterocycles. The average molecular weight is 230 g/mol. The number of carbonyl (C=O) groups is 1. The Labute approximate surface area is 102 Å². The lowest BCUT2D eigenvalue weighted by molar-refractivity contribution is -0.110. The summed E-state index contributed by atoms with van der Waals surface area (Å²) in [6, 6.07) is 5.84. The lowest BCUT2D eigenvalue weighted by Crippen LogP contribution is -2.21. The Kier molecular flexibility index (Phi) is 4.64. The van der Waals surface area contributed by atoms with Gasteiger partial charge in [-0.05, 0) is 50.1 Å². The van der Waals surface area contributed by atoms with E-state index in [2.05, 4.69) is 10.3 Å². The van der Waals surface area contributed by atoms with Crippen molar-refractivity contribution in [3.63, 3.8) is 0 Å². The second kappa shape index (κ2) is 5.99. The Morgan fingerprint density at radius 3 is 2.53 bits per heavy atom. The molecule has 0 aliphatic carbocycles. The molecular formula is C14H18N2O. The standard InChI is InChI=1S/C14H18N2O/c1-5-6-13(15-4)14(17)16-12-8-7-10(2)11(3)9-12/h5-9H,1-4H3,(H,16,17)/b6-5-,15-13?. The van der Waals surface area contributed by atoms with E-state index in [0.717, 1.165) is 11.3 Å². The van der Waals surface area contributed by atoms with Crippen LogP contribution < -0.4 is 5.32 Å². The van der Waals surface area contributed by atoms with Gasteiger partial charge in [0.25, 0.3) is 5.91 Å². The van der Waals surface area contributed by atoms with Crippen molar-refractivity contribution in [3.8, 4) is 0 Å². The van der Waals surface area contributed by atoms with Crippen LogP contribution in [-0.4, -0.2) is 18.7 Å². The van der Waals surface area contributed by atoms with Crippen molar-refractivity contribution in [3.05, 3.63) is 41.5 Å². The highest BCUT2D eigenvalue weighted by Crippen LogP contribution is 2.14. The van der Waals surface area contributed by atoms with Crippen LogP contribution in [0, 0.1) is 13.8 Å². The third-order valence-electron chi connectivity index (χ3n) is 2.56. The lowest BCUT2D eigenvalue weighted by atomic mass is 10.1. The van der Waals surface area contributed by atoms with Gasteiger partial charge in [-0.3, -0.25) is 9.79 Å². The van der Waals surface area contributed by atoms with E-state index in [9.17, 15) is 4.79 Å². The molecule has 0 atom stereocenters. The number of allylic oxidation sites excluding steroid dienone is 1. The zero-order valence-corrected chi connectivity index (χ0v) is 10.7. The largest absolute Gasteiger partial charge is 0.321 e. The first-order valence-electron chi connectivity index (χ1n) is 5.56. The summed E-state index contributed by atoms with van der Waals surface area (Å²) < 4.78 is 0. The lowest BCUT2D eigenvalue weighted by Gasteiger charge is -2.07. The van der Waals surface area contributed by atoms with E-state index in [0.29, 0.717) is 5.71 Å². The van der Waals surface area contributed by atoms with Gasteiger partial charge in [-0.2, -0.15) is 0 Å². The molecule has 0 bridgehead atoms. The predicted molar refractivity (Wildman–Crippen MR) is 72.7 cm³/mol. The number of benzene rings is 1. The molecular weight excluding hydrogens is 212 g/mol. The van der Waals surface area contributed by atoms with E-state index in [1.807, 2.05) is 39.0 Å². The van der Waals surface area contributed by atoms with Gasteiger partial charge in [0.2, 0.25) is 0 Å². The van der Waals surface area contributed by atoms with Gasteiger partial charge in [0.05, 0.1) is 0 Å². The summed E-state index contributed by atoms with van der Waals surface area (Å²) in [6.07, 6.45) is 3.48. The Balaban J connectivity index is 2.84. The molecule has 0 aliphatic heterocycles. The predicted octanol–water partition coefficient (Wildman–Crippen LogP) is 2.89. The highest BCUT2D eigenvalue weighted by molar-refractivity contribution is 6.47. The number of nitrogens with zero attached hydrogens (tertiary/aromatic N) is 1. The summed E-state index contributed by atoms with van der Waals surface area (Å²) in [5, 5.41) is 2.82. The third-order valence-corrected chi connectivity index (χ3v) is 2.56. The minimum absolute atomic E-state index is 0.186. The molecule has 3 heteroatoms. The number of anilines is 1. The van der Waals surface area contributed by atoms with Gasteiger partial charge in [0.1, 0.15) is 5.71 Å². The zero-order chi connectivity index (χ0) is 12.8. The molecule has 0 saturated carbocycles. The van der Waals surface area contributed by atoms with Crippen LogP contribution in [0.2, 0.25) is 0 Å². The van der Waals surface area contributed by atoms with Crippen molar-refractivity contribution in [2.75, 3.05) is 12.4 Å². The Hall–Kier alpha value is -1.90. The van der Waals surface area contributed by atoms with Crippen molar-refractivity contribution < 1.29 is 4.79 Å². The maximum absolute atomic E-state index is 11.8. The van der Waals surface area contributed by atoms with Gasteiger partial charge in [-0.15, -0.1) is 0 Å². The van der Waals surface area contributed by atoms with Gasteiger partial charge >= 0.3 is 0 Å². The topological polar surface area (TPSA) is 41.5 Å². The molecule has 17 heavy (non-hydrogen) atoms. The van der Waals surface area contributed by atoms with E-state index >= 15 is 0 Å². The second-order valence-electron chi connectivity index (χ2n) is 3.86. The third kappa shape index (κ3) is 3.55. The van der Waals surface area contributed by atoms with E-state index in [-0.39, 0.29) is 5.91 Å². The van der Waals surface area contributed by atoms with Gasteiger partial charge in [-0.25, -0.2) is 0 Å². The Bertz CT molecular complexity index is 473. The molecule has 1 aromatic carbocycles. The molecule has 1 rings (SSSR count). The number of hydrogen-bond donors (Lipinski definition) is 1. The van der Waals surface area contributed by atoms with Crippen molar-refractivity contribution in [1.29, 1.82) is 0 Å². The summed E-state index contributed by atoms with van der Waals surface area (Å²) in [5.74, 6) is -0.186. The average Bonchev–Trinajstić information content (AvgIpc) is 2.30. The minimum Gasteiger partial charge on any atom is -0.321 e. The molecule has 3 nitrogen and oxygen atoms in total. The summed E-state index contributed by atoms with van der Waals surface area (Å²) in [5.41, 5.74) is 3.58. The first-order valence-corrected chi connectivity index (χ1v) is 5.56. The van der Waals surface area contributed by atoms with Crippen LogP contribution in [0.3, 0.4) is 0 Å². The van der Waals surface area contributed by atoms with Crippen LogP contribution in [0.15, 0.2) is 35.3 Å². The fourth-order valence-corrected chi connectivity index (χ4v) is 1.42. The van der Waals surface area contributed by atoms with E-state index in [1.165, 1.54) is 5.56 Å². The maximum Gasteiger partial charge on any atom is 0.273 e. The van der Waals surface area contributed by atoms with Crippen molar-refractivity contribution in [2.24, 2.45) is 4.99 Å². The number of hydrogen-bond acceptors (Lipinski definition) is 2. The van der Waals surface area contributed by atoms with E-state index in [4.69, 9.17) is 0 Å². The number of aryl methyl sites for hydroxylation is 2. The fraction of sp³-hybridized carbons (Fsp3) is 0.286. The summed E-state index contributed by atoms with van der Waals surface area (Å²) in [4.78, 5) is 15.8. The highest BCUT2D eigenvalue weighted by atomic mass is 16.1. The molecule has 0 saturated heterocycles. The Morgan fingerprint density at radius 2 is 2.00 bits per heavy atom. The number of nitrogens with one attached hydrogen (secondary N) is 1. The van der Waals surface area contributed by atoms with Gasteiger partial charge < -0.3 is 5.32 Å². The Morgan fingerprint density at radius 1 is 1.29 bits per heavy atom. The van der Waals surface area contributed by atoms with Crippen LogP contribution in [0.1, 0.15) is 18.1 Å². The van der Waals surface area contributed by atoms with E-state index < -0.39 is 0 Å². The van der Waals surface area contributed by atoms with Crippen molar-refractivity contribution >= 4 is 17.3 Å². The molecule has 1 amide bonds. The zero-order valence-electron chi connectivity index (χ0n) is 10.7. The smallest absolute Gasteiger partial charge is 0.273 e. The number of rotatable bonds is 3. The molecule has 0 fully saturated rings. The van der Waals surface area contributed by atoms with Crippen molar-refractivity contribution in [2.45, 2.75) is 20.8 Å². The number of amides is 1. The highest BCUT2D eigenvalue weighted by Gasteiger charge is 2.07. The fourth-order valence-electron chi connectivity index (χ4n) is 1.42. The second-order valence-corrected chi connectivity index (χ2v) is 3.86. The monoisotopic (exact) mass is 230 g/mol. The molecule has 0 aliphatic rings. The molecule has 90 valence electrons. The number of carbonyl (C=O) groups excluding carboxylic acids is 1. The molecule has 0 unspecified atom stereocenters. The minimum atomic E-state index is -0.186. The van der Waals surface area contributed by atoms with E-state index in [1.54, 1.807) is 19.2 Å². The van der Waals surface area contributed by atoms with Crippen molar-refractivity contribution in [1.82, 2.24) is 0 Å². The quantitative estimate of drug-likeness (QED) is 0.797.